The number of hydrogen-bond donors (Lipinski definition) is 1. The molecule has 1 aromatic rings. The summed E-state index contributed by atoms with van der Waals surface area (Å²) >= 11 is 0. The van der Waals surface area contributed by atoms with Crippen molar-refractivity contribution in [3.63, 3.8) is 0 Å². The summed E-state index contributed by atoms with van der Waals surface area (Å²) in [4.78, 5) is 4.68. The maximum absolute atomic E-state index is 4.68. The molecule has 0 aromatic carbocycles. The quantitative estimate of drug-likeness (QED) is 0.859. The van der Waals surface area contributed by atoms with Gasteiger partial charge >= 0.3 is 0 Å². The van der Waals surface area contributed by atoms with Crippen LogP contribution in [0.1, 0.15) is 57.2 Å². The highest BCUT2D eigenvalue weighted by atomic mass is 14.9. The van der Waals surface area contributed by atoms with E-state index in [1.54, 1.807) is 0 Å². The van der Waals surface area contributed by atoms with E-state index in [1.807, 2.05) is 6.20 Å². The van der Waals surface area contributed by atoms with E-state index in [0.29, 0.717) is 17.9 Å². The number of aromatic nitrogens is 1. The molecule has 2 rings (SSSR count). The Labute approximate surface area is 111 Å². The Hall–Kier alpha value is -0.890. The van der Waals surface area contributed by atoms with E-state index in [9.17, 15) is 0 Å². The van der Waals surface area contributed by atoms with Crippen molar-refractivity contribution in [2.24, 2.45) is 5.92 Å². The predicted molar refractivity (Wildman–Crippen MR) is 76.8 cm³/mol. The van der Waals surface area contributed by atoms with Crippen LogP contribution >= 0.6 is 0 Å². The minimum absolute atomic E-state index is 0.578. The lowest BCUT2D eigenvalue weighted by Crippen LogP contribution is -2.41. The highest BCUT2D eigenvalue weighted by Crippen LogP contribution is 2.35. The lowest BCUT2D eigenvalue weighted by Gasteiger charge is -2.35. The number of rotatable bonds is 5. The van der Waals surface area contributed by atoms with E-state index in [-0.39, 0.29) is 0 Å². The minimum atomic E-state index is 0.578. The van der Waals surface area contributed by atoms with Crippen LogP contribution in [-0.4, -0.2) is 17.6 Å². The van der Waals surface area contributed by atoms with E-state index < -0.39 is 0 Å². The molecule has 0 fully saturated rings. The maximum Gasteiger partial charge on any atom is 0.0482 e. The first kappa shape index (κ1) is 13.5. The van der Waals surface area contributed by atoms with Crippen LogP contribution in [-0.2, 0) is 6.42 Å². The van der Waals surface area contributed by atoms with Crippen LogP contribution in [0.3, 0.4) is 0 Å². The SMILES string of the molecule is CCNC(C(C)CC)C1CCCc2cccnc21. The average molecular weight is 246 g/mol. The molecule has 100 valence electrons. The van der Waals surface area contributed by atoms with Crippen molar-refractivity contribution in [3.05, 3.63) is 29.6 Å². The van der Waals surface area contributed by atoms with Gasteiger partial charge in [-0.1, -0.05) is 33.3 Å². The lowest BCUT2D eigenvalue weighted by atomic mass is 9.77. The van der Waals surface area contributed by atoms with Gasteiger partial charge in [0.25, 0.3) is 0 Å². The summed E-state index contributed by atoms with van der Waals surface area (Å²) in [5.41, 5.74) is 2.83. The van der Waals surface area contributed by atoms with E-state index >= 15 is 0 Å². The van der Waals surface area contributed by atoms with Gasteiger partial charge in [-0.15, -0.1) is 0 Å². The second-order valence-corrected chi connectivity index (χ2v) is 5.52. The summed E-state index contributed by atoms with van der Waals surface area (Å²) in [5, 5.41) is 3.70. The Morgan fingerprint density at radius 3 is 3.00 bits per heavy atom. The fourth-order valence-electron chi connectivity index (χ4n) is 3.22. The fraction of sp³-hybridized carbons (Fsp3) is 0.688. The van der Waals surface area contributed by atoms with Crippen molar-refractivity contribution in [1.29, 1.82) is 0 Å². The van der Waals surface area contributed by atoms with E-state index in [2.05, 4.69) is 43.2 Å². The second kappa shape index (κ2) is 6.33. The van der Waals surface area contributed by atoms with Crippen molar-refractivity contribution >= 4 is 0 Å². The van der Waals surface area contributed by atoms with Crippen LogP contribution in [0.5, 0.6) is 0 Å². The molecule has 1 N–H and O–H groups in total. The number of hydrogen-bond acceptors (Lipinski definition) is 2. The van der Waals surface area contributed by atoms with Gasteiger partial charge in [0.1, 0.15) is 0 Å². The predicted octanol–water partition coefficient (Wildman–Crippen LogP) is 3.53. The third kappa shape index (κ3) is 2.74. The van der Waals surface area contributed by atoms with Crippen molar-refractivity contribution in [1.82, 2.24) is 10.3 Å². The van der Waals surface area contributed by atoms with Crippen LogP contribution in [0.25, 0.3) is 0 Å². The first-order chi connectivity index (χ1) is 8.77. The number of pyridine rings is 1. The molecule has 0 spiro atoms. The molecule has 1 aromatic heterocycles. The Bertz CT molecular complexity index is 375. The van der Waals surface area contributed by atoms with Crippen molar-refractivity contribution in [2.45, 2.75) is 58.4 Å². The minimum Gasteiger partial charge on any atom is -0.313 e. The summed E-state index contributed by atoms with van der Waals surface area (Å²) in [6, 6.07) is 4.91. The highest BCUT2D eigenvalue weighted by Gasteiger charge is 2.31. The molecule has 18 heavy (non-hydrogen) atoms. The molecular weight excluding hydrogens is 220 g/mol. The molecule has 0 saturated carbocycles. The summed E-state index contributed by atoms with van der Waals surface area (Å²) in [6.45, 7) is 7.91. The first-order valence-corrected chi connectivity index (χ1v) is 7.45. The molecule has 0 amide bonds. The molecule has 3 atom stereocenters. The standard InChI is InChI=1S/C16H26N2/c1-4-12(3)15(17-5-2)14-10-6-8-13-9-7-11-18-16(13)14/h7,9,11-12,14-15,17H,4-6,8,10H2,1-3H3. The number of fused-ring (bicyclic) bond motifs is 1. The average Bonchev–Trinajstić information content (AvgIpc) is 2.43. The summed E-state index contributed by atoms with van der Waals surface area (Å²) in [7, 11) is 0. The third-order valence-corrected chi connectivity index (χ3v) is 4.37. The Kier molecular flexibility index (Phi) is 4.76. The Balaban J connectivity index is 2.26. The van der Waals surface area contributed by atoms with Gasteiger partial charge in [0.15, 0.2) is 0 Å². The van der Waals surface area contributed by atoms with Gasteiger partial charge in [-0.3, -0.25) is 4.98 Å². The lowest BCUT2D eigenvalue weighted by molar-refractivity contribution is 0.296. The fourth-order valence-corrected chi connectivity index (χ4v) is 3.22. The number of aryl methyl sites for hydroxylation is 1. The molecule has 0 saturated heterocycles. The van der Waals surface area contributed by atoms with Gasteiger partial charge in [-0.05, 0) is 43.4 Å². The third-order valence-electron chi connectivity index (χ3n) is 4.37. The van der Waals surface area contributed by atoms with Crippen LogP contribution in [0.2, 0.25) is 0 Å². The zero-order valence-electron chi connectivity index (χ0n) is 11.9. The number of nitrogens with one attached hydrogen (secondary N) is 1. The Morgan fingerprint density at radius 1 is 1.44 bits per heavy atom. The van der Waals surface area contributed by atoms with Crippen molar-refractivity contribution in [2.75, 3.05) is 6.54 Å². The molecule has 1 heterocycles. The van der Waals surface area contributed by atoms with E-state index in [4.69, 9.17) is 0 Å². The Morgan fingerprint density at radius 2 is 2.28 bits per heavy atom. The van der Waals surface area contributed by atoms with Gasteiger partial charge < -0.3 is 5.32 Å². The van der Waals surface area contributed by atoms with Gasteiger partial charge in [-0.25, -0.2) is 0 Å². The monoisotopic (exact) mass is 246 g/mol. The van der Waals surface area contributed by atoms with E-state index in [0.717, 1.165) is 6.54 Å². The molecular formula is C16H26N2. The van der Waals surface area contributed by atoms with Gasteiger partial charge in [0, 0.05) is 23.9 Å². The van der Waals surface area contributed by atoms with Crippen molar-refractivity contribution in [3.8, 4) is 0 Å². The summed E-state index contributed by atoms with van der Waals surface area (Å²) in [6.07, 6.45) is 6.99. The van der Waals surface area contributed by atoms with Crippen LogP contribution in [0, 0.1) is 5.92 Å². The van der Waals surface area contributed by atoms with Gasteiger partial charge in [-0.2, -0.15) is 0 Å². The summed E-state index contributed by atoms with van der Waals surface area (Å²) in [5.74, 6) is 1.31. The number of nitrogens with zero attached hydrogens (tertiary/aromatic N) is 1. The molecule has 1 aliphatic carbocycles. The first-order valence-electron chi connectivity index (χ1n) is 7.45. The summed E-state index contributed by atoms with van der Waals surface area (Å²) < 4.78 is 0. The maximum atomic E-state index is 4.68. The molecule has 0 bridgehead atoms. The molecule has 0 radical (unpaired) electrons. The smallest absolute Gasteiger partial charge is 0.0482 e. The van der Waals surface area contributed by atoms with Crippen LogP contribution in [0.4, 0.5) is 0 Å². The van der Waals surface area contributed by atoms with Crippen LogP contribution in [0.15, 0.2) is 18.3 Å². The topological polar surface area (TPSA) is 24.9 Å². The normalized spacial score (nSPS) is 22.3. The molecule has 2 nitrogen and oxygen atoms in total. The second-order valence-electron chi connectivity index (χ2n) is 5.52. The van der Waals surface area contributed by atoms with E-state index in [1.165, 1.54) is 36.9 Å². The molecule has 0 aliphatic heterocycles. The highest BCUT2D eigenvalue weighted by molar-refractivity contribution is 5.27. The molecule has 1 aliphatic rings. The van der Waals surface area contributed by atoms with Gasteiger partial charge in [0.05, 0.1) is 0 Å². The number of likely N-dealkylation sites (N-methyl/N-ethyl adjacent to an activating group) is 1. The van der Waals surface area contributed by atoms with Crippen LogP contribution < -0.4 is 5.32 Å². The molecule has 2 heteroatoms. The zero-order valence-corrected chi connectivity index (χ0v) is 11.9. The van der Waals surface area contributed by atoms with Gasteiger partial charge in [0.2, 0.25) is 0 Å². The van der Waals surface area contributed by atoms with Crippen molar-refractivity contribution < 1.29 is 0 Å². The molecule has 3 unspecified atom stereocenters. The zero-order chi connectivity index (χ0) is 13.0. The largest absolute Gasteiger partial charge is 0.313 e.